The van der Waals surface area contributed by atoms with Gasteiger partial charge in [0.05, 0.1) is 35.1 Å². The molecule has 1 aliphatic heterocycles. The topological polar surface area (TPSA) is 139 Å². The molecule has 1 saturated heterocycles. The number of aryl methyl sites for hydroxylation is 1. The number of likely N-dealkylation sites (tertiary alicyclic amines) is 1. The molecule has 1 aliphatic rings. The molecule has 3 atom stereocenters. The van der Waals surface area contributed by atoms with E-state index in [-0.39, 0.29) is 29.4 Å². The third-order valence-electron chi connectivity index (χ3n) is 6.34. The summed E-state index contributed by atoms with van der Waals surface area (Å²) in [5, 5.41) is 15.7. The Labute approximate surface area is 214 Å². The van der Waals surface area contributed by atoms with E-state index in [9.17, 15) is 45.4 Å². The first-order valence-corrected chi connectivity index (χ1v) is 11.1. The van der Waals surface area contributed by atoms with Crippen LogP contribution in [-0.2, 0) is 11.0 Å². The highest BCUT2D eigenvalue weighted by Crippen LogP contribution is 2.39. The molecule has 39 heavy (non-hydrogen) atoms. The summed E-state index contributed by atoms with van der Waals surface area (Å²) in [6.45, 7) is 0.153. The SMILES string of the molecule is Cc1ncc(-c2cc(C(F)(F)F)c3c(N)ncnn23)cc1C(=O)N[C@@H]1CN(C(=O)[C@](C)(O)C(F)(F)F)C[C@@H]1F. The molecule has 0 aromatic carbocycles. The molecule has 0 unspecified atom stereocenters. The van der Waals surface area contributed by atoms with Gasteiger partial charge in [0, 0.05) is 18.3 Å². The third-order valence-corrected chi connectivity index (χ3v) is 6.34. The summed E-state index contributed by atoms with van der Waals surface area (Å²) in [5.41, 5.74) is 0.0239. The van der Waals surface area contributed by atoms with Crippen LogP contribution in [0.1, 0.15) is 28.5 Å². The van der Waals surface area contributed by atoms with Crippen LogP contribution in [0.3, 0.4) is 0 Å². The maximum Gasteiger partial charge on any atom is 0.426 e. The highest BCUT2D eigenvalue weighted by molar-refractivity contribution is 5.97. The van der Waals surface area contributed by atoms with Crippen LogP contribution in [-0.4, -0.2) is 78.5 Å². The summed E-state index contributed by atoms with van der Waals surface area (Å²) in [6.07, 6.45) is -9.99. The van der Waals surface area contributed by atoms with Crippen LogP contribution in [0, 0.1) is 6.92 Å². The number of halogens is 7. The second-order valence-electron chi connectivity index (χ2n) is 9.08. The Morgan fingerprint density at radius 3 is 2.41 bits per heavy atom. The van der Waals surface area contributed by atoms with Crippen molar-refractivity contribution < 1.29 is 45.4 Å². The number of hydrogen-bond acceptors (Lipinski definition) is 7. The number of fused-ring (bicyclic) bond motifs is 1. The number of rotatable bonds is 4. The van der Waals surface area contributed by atoms with Gasteiger partial charge in [0.2, 0.25) is 5.60 Å². The number of carbonyl (C=O) groups excluding carboxylic acids is 2. The molecule has 3 aromatic rings. The number of carbonyl (C=O) groups is 2. The zero-order valence-corrected chi connectivity index (χ0v) is 20.1. The van der Waals surface area contributed by atoms with E-state index in [1.807, 2.05) is 0 Å². The average molecular weight is 563 g/mol. The van der Waals surface area contributed by atoms with Gasteiger partial charge in [-0.15, -0.1) is 0 Å². The Hall–Kier alpha value is -4.02. The van der Waals surface area contributed by atoms with E-state index in [0.717, 1.165) is 16.9 Å². The molecule has 0 aliphatic carbocycles. The minimum Gasteiger partial charge on any atom is -0.382 e. The Morgan fingerprint density at radius 2 is 1.79 bits per heavy atom. The first-order chi connectivity index (χ1) is 17.9. The molecule has 4 heterocycles. The number of nitrogens with zero attached hydrogens (tertiary/aromatic N) is 5. The Bertz CT molecular complexity index is 1450. The van der Waals surface area contributed by atoms with Gasteiger partial charge in [-0.3, -0.25) is 14.6 Å². The minimum atomic E-state index is -5.31. The molecule has 210 valence electrons. The lowest BCUT2D eigenvalue weighted by Crippen LogP contribution is -2.56. The summed E-state index contributed by atoms with van der Waals surface area (Å²) in [4.78, 5) is 33.2. The number of nitrogen functional groups attached to an aromatic ring is 1. The number of nitrogens with one attached hydrogen (secondary N) is 1. The van der Waals surface area contributed by atoms with Crippen molar-refractivity contribution in [3.63, 3.8) is 0 Å². The lowest BCUT2D eigenvalue weighted by Gasteiger charge is -2.29. The molecule has 3 aromatic heterocycles. The van der Waals surface area contributed by atoms with Crippen molar-refractivity contribution in [2.45, 2.75) is 44.0 Å². The van der Waals surface area contributed by atoms with E-state index in [1.165, 1.54) is 19.2 Å². The second kappa shape index (κ2) is 9.32. The Balaban J connectivity index is 1.62. The van der Waals surface area contributed by atoms with Crippen molar-refractivity contribution in [1.82, 2.24) is 29.8 Å². The van der Waals surface area contributed by atoms with Crippen molar-refractivity contribution in [2.24, 2.45) is 0 Å². The fraction of sp³-hybridized carbons (Fsp3) is 0.409. The second-order valence-corrected chi connectivity index (χ2v) is 9.08. The van der Waals surface area contributed by atoms with Gasteiger partial charge in [-0.2, -0.15) is 31.4 Å². The van der Waals surface area contributed by atoms with E-state index < -0.39 is 72.0 Å². The van der Waals surface area contributed by atoms with Gasteiger partial charge < -0.3 is 21.1 Å². The number of pyridine rings is 1. The van der Waals surface area contributed by atoms with Gasteiger partial charge in [-0.05, 0) is 26.0 Å². The molecule has 4 rings (SSSR count). The van der Waals surface area contributed by atoms with Crippen LogP contribution < -0.4 is 11.1 Å². The van der Waals surface area contributed by atoms with Crippen LogP contribution >= 0.6 is 0 Å². The van der Waals surface area contributed by atoms with Crippen LogP contribution in [0.15, 0.2) is 24.7 Å². The molecule has 0 saturated carbocycles. The van der Waals surface area contributed by atoms with E-state index in [2.05, 4.69) is 20.4 Å². The van der Waals surface area contributed by atoms with Crippen LogP contribution in [0.25, 0.3) is 16.8 Å². The van der Waals surface area contributed by atoms with Gasteiger partial charge in [0.15, 0.2) is 5.82 Å². The third kappa shape index (κ3) is 4.93. The molecule has 17 heteroatoms. The fourth-order valence-electron chi connectivity index (χ4n) is 4.13. The summed E-state index contributed by atoms with van der Waals surface area (Å²) in [5.74, 6) is -3.17. The summed E-state index contributed by atoms with van der Waals surface area (Å²) in [6, 6.07) is 0.489. The van der Waals surface area contributed by atoms with E-state index in [0.29, 0.717) is 4.90 Å². The number of hydrogen-bond donors (Lipinski definition) is 3. The van der Waals surface area contributed by atoms with Crippen LogP contribution in [0.4, 0.5) is 36.6 Å². The number of anilines is 1. The van der Waals surface area contributed by atoms with Gasteiger partial charge in [0.1, 0.15) is 18.0 Å². The van der Waals surface area contributed by atoms with E-state index >= 15 is 0 Å². The maximum absolute atomic E-state index is 14.6. The lowest BCUT2D eigenvalue weighted by atomic mass is 10.1. The predicted molar refractivity (Wildman–Crippen MR) is 120 cm³/mol. The molecule has 0 radical (unpaired) electrons. The molecule has 0 spiro atoms. The summed E-state index contributed by atoms with van der Waals surface area (Å²) >= 11 is 0. The molecular formula is C22H20F7N7O3. The lowest BCUT2D eigenvalue weighted by molar-refractivity contribution is -0.249. The Kier molecular flexibility index (Phi) is 6.69. The van der Waals surface area contributed by atoms with Crippen molar-refractivity contribution in [1.29, 1.82) is 0 Å². The normalized spacial score (nSPS) is 19.8. The van der Waals surface area contributed by atoms with Gasteiger partial charge in [-0.25, -0.2) is 13.9 Å². The molecular weight excluding hydrogens is 543 g/mol. The van der Waals surface area contributed by atoms with E-state index in [1.54, 1.807) is 0 Å². The molecule has 0 bridgehead atoms. The minimum absolute atomic E-state index is 0.00981. The standard InChI is InChI=1S/C22H20F7N7O3/c1-9-11(18(37)34-14-7-35(6-13(14)23)19(38)20(2,39)22(27,28)29)3-10(5-31-9)15-4-12(21(24,25)26)16-17(30)32-8-33-36(15)16/h3-5,8,13-14,39H,6-7H2,1-2H3,(H,34,37)(H2,30,32,33)/t13-,14+,20-/m0/s1. The van der Waals surface area contributed by atoms with Crippen molar-refractivity contribution in [3.05, 3.63) is 41.5 Å². The molecule has 4 N–H and O–H groups in total. The first kappa shape index (κ1) is 28.0. The van der Waals surface area contributed by atoms with Crippen molar-refractivity contribution in [3.8, 4) is 11.3 Å². The fourth-order valence-corrected chi connectivity index (χ4v) is 4.13. The maximum atomic E-state index is 14.6. The van der Waals surface area contributed by atoms with Crippen molar-refractivity contribution >= 4 is 23.1 Å². The number of aromatic nitrogens is 4. The average Bonchev–Trinajstić information content (AvgIpc) is 3.40. The van der Waals surface area contributed by atoms with Crippen LogP contribution in [0.5, 0.6) is 0 Å². The monoisotopic (exact) mass is 563 g/mol. The van der Waals surface area contributed by atoms with Gasteiger partial charge in [-0.1, -0.05) is 0 Å². The van der Waals surface area contributed by atoms with Gasteiger partial charge >= 0.3 is 12.4 Å². The number of nitrogens with two attached hydrogens (primary N) is 1. The molecule has 10 nitrogen and oxygen atoms in total. The van der Waals surface area contributed by atoms with Gasteiger partial charge in [0.25, 0.3) is 11.8 Å². The molecule has 2 amide bonds. The highest BCUT2D eigenvalue weighted by atomic mass is 19.4. The summed E-state index contributed by atoms with van der Waals surface area (Å²) in [7, 11) is 0. The number of aliphatic hydroxyl groups is 1. The number of alkyl halides is 7. The van der Waals surface area contributed by atoms with Crippen LogP contribution in [0.2, 0.25) is 0 Å². The zero-order chi connectivity index (χ0) is 29.1. The zero-order valence-electron chi connectivity index (χ0n) is 20.1. The van der Waals surface area contributed by atoms with Crippen molar-refractivity contribution in [2.75, 3.05) is 18.8 Å². The summed E-state index contributed by atoms with van der Waals surface area (Å²) < 4.78 is 95.5. The number of amides is 2. The Morgan fingerprint density at radius 1 is 1.13 bits per heavy atom. The first-order valence-electron chi connectivity index (χ1n) is 11.1. The smallest absolute Gasteiger partial charge is 0.382 e. The highest BCUT2D eigenvalue weighted by Gasteiger charge is 2.58. The predicted octanol–water partition coefficient (Wildman–Crippen LogP) is 2.29. The largest absolute Gasteiger partial charge is 0.426 e. The quantitative estimate of drug-likeness (QED) is 0.414. The molecule has 1 fully saturated rings. The van der Waals surface area contributed by atoms with E-state index in [4.69, 9.17) is 5.73 Å².